The van der Waals surface area contributed by atoms with Crippen molar-refractivity contribution >= 4 is 23.0 Å². The molecule has 2 heterocycles. The summed E-state index contributed by atoms with van der Waals surface area (Å²) in [5.41, 5.74) is 3.65. The third-order valence-corrected chi connectivity index (χ3v) is 4.70. The van der Waals surface area contributed by atoms with Crippen LogP contribution in [0.15, 0.2) is 17.5 Å². The minimum atomic E-state index is 0.252. The molecule has 2 aromatic heterocycles. The number of nitrogens with zero attached hydrogens (tertiary/aromatic N) is 3. The molecule has 6 heteroatoms. The van der Waals surface area contributed by atoms with Crippen LogP contribution in [0.25, 0.3) is 0 Å². The van der Waals surface area contributed by atoms with Crippen molar-refractivity contribution in [1.29, 1.82) is 0 Å². The van der Waals surface area contributed by atoms with E-state index in [0.29, 0.717) is 5.82 Å². The van der Waals surface area contributed by atoms with Gasteiger partial charge in [0, 0.05) is 23.4 Å². The van der Waals surface area contributed by atoms with Crippen molar-refractivity contribution < 1.29 is 0 Å². The van der Waals surface area contributed by atoms with Crippen LogP contribution in [0.2, 0.25) is 0 Å². The molecule has 0 aliphatic carbocycles. The molecule has 1 unspecified atom stereocenters. The number of hydrogen-bond acceptors (Lipinski definition) is 6. The van der Waals surface area contributed by atoms with Crippen molar-refractivity contribution in [1.82, 2.24) is 9.97 Å². The van der Waals surface area contributed by atoms with Gasteiger partial charge in [0.25, 0.3) is 0 Å². The fourth-order valence-electron chi connectivity index (χ4n) is 2.17. The number of rotatable bonds is 5. The summed E-state index contributed by atoms with van der Waals surface area (Å²) in [7, 11) is 2.06. The third kappa shape index (κ3) is 3.16. The molecule has 114 valence electrons. The van der Waals surface area contributed by atoms with Gasteiger partial charge in [-0.3, -0.25) is 0 Å². The fraction of sp³-hybridized carbons (Fsp3) is 0.467. The highest BCUT2D eigenvalue weighted by atomic mass is 32.1. The maximum Gasteiger partial charge on any atom is 0.148 e. The van der Waals surface area contributed by atoms with E-state index in [1.807, 2.05) is 6.92 Å². The van der Waals surface area contributed by atoms with Gasteiger partial charge in [-0.15, -0.1) is 11.3 Å². The van der Waals surface area contributed by atoms with Gasteiger partial charge >= 0.3 is 0 Å². The molecule has 2 rings (SSSR count). The number of nitrogens with one attached hydrogen (secondary N) is 1. The van der Waals surface area contributed by atoms with Crippen LogP contribution in [0.1, 0.15) is 49.0 Å². The van der Waals surface area contributed by atoms with Crippen LogP contribution in [0, 0.1) is 6.92 Å². The number of thiophene rings is 1. The summed E-state index contributed by atoms with van der Waals surface area (Å²) < 4.78 is 0. The zero-order valence-electron chi connectivity index (χ0n) is 13.2. The van der Waals surface area contributed by atoms with Crippen LogP contribution in [-0.4, -0.2) is 17.0 Å². The van der Waals surface area contributed by atoms with Crippen molar-refractivity contribution in [2.45, 2.75) is 39.7 Å². The van der Waals surface area contributed by atoms with E-state index in [-0.39, 0.29) is 12.0 Å². The summed E-state index contributed by atoms with van der Waals surface area (Å²) in [5.74, 6) is 8.26. The molecule has 0 bridgehead atoms. The number of hydrazine groups is 1. The summed E-state index contributed by atoms with van der Waals surface area (Å²) in [5, 5.41) is 2.10. The number of anilines is 2. The van der Waals surface area contributed by atoms with Gasteiger partial charge in [-0.1, -0.05) is 19.9 Å². The van der Waals surface area contributed by atoms with E-state index in [9.17, 15) is 0 Å². The zero-order valence-corrected chi connectivity index (χ0v) is 14.0. The van der Waals surface area contributed by atoms with Crippen LogP contribution < -0.4 is 16.2 Å². The Hall–Kier alpha value is -1.66. The third-order valence-electron chi connectivity index (χ3n) is 3.66. The van der Waals surface area contributed by atoms with Gasteiger partial charge in [0.05, 0.1) is 6.04 Å². The number of aromatic nitrogens is 2. The second-order valence-electron chi connectivity index (χ2n) is 5.48. The van der Waals surface area contributed by atoms with Crippen molar-refractivity contribution in [3.63, 3.8) is 0 Å². The second-order valence-corrected chi connectivity index (χ2v) is 6.46. The molecule has 5 nitrogen and oxygen atoms in total. The average molecular weight is 305 g/mol. The van der Waals surface area contributed by atoms with E-state index in [0.717, 1.165) is 17.2 Å². The SMILES string of the molecule is Cc1c(NN)nc(C(C)C)nc1N(C)C(C)c1cccs1. The van der Waals surface area contributed by atoms with Crippen molar-refractivity contribution in [2.75, 3.05) is 17.4 Å². The molecule has 0 amide bonds. The topological polar surface area (TPSA) is 67.1 Å². The van der Waals surface area contributed by atoms with E-state index >= 15 is 0 Å². The highest BCUT2D eigenvalue weighted by Crippen LogP contribution is 2.31. The van der Waals surface area contributed by atoms with Gasteiger partial charge in [0.2, 0.25) is 0 Å². The molecule has 21 heavy (non-hydrogen) atoms. The Morgan fingerprint density at radius 1 is 1.29 bits per heavy atom. The highest BCUT2D eigenvalue weighted by Gasteiger charge is 2.20. The first kappa shape index (κ1) is 15.7. The molecule has 0 saturated heterocycles. The van der Waals surface area contributed by atoms with E-state index in [1.54, 1.807) is 11.3 Å². The highest BCUT2D eigenvalue weighted by molar-refractivity contribution is 7.10. The molecule has 0 radical (unpaired) electrons. The number of nitrogen functional groups attached to an aromatic ring is 1. The van der Waals surface area contributed by atoms with Gasteiger partial charge in [-0.25, -0.2) is 15.8 Å². The lowest BCUT2D eigenvalue weighted by atomic mass is 10.1. The summed E-state index contributed by atoms with van der Waals surface area (Å²) in [4.78, 5) is 12.7. The average Bonchev–Trinajstić information content (AvgIpc) is 2.99. The Morgan fingerprint density at radius 2 is 2.00 bits per heavy atom. The normalized spacial score (nSPS) is 12.5. The van der Waals surface area contributed by atoms with E-state index < -0.39 is 0 Å². The molecule has 0 aromatic carbocycles. The van der Waals surface area contributed by atoms with E-state index in [1.165, 1.54) is 4.88 Å². The summed E-state index contributed by atoms with van der Waals surface area (Å²) in [6, 6.07) is 4.47. The van der Waals surface area contributed by atoms with Gasteiger partial charge in [-0.05, 0) is 25.3 Å². The van der Waals surface area contributed by atoms with Crippen LogP contribution in [0.5, 0.6) is 0 Å². The molecule has 0 spiro atoms. The lowest BCUT2D eigenvalue weighted by molar-refractivity contribution is 0.714. The van der Waals surface area contributed by atoms with Crippen LogP contribution in [0.3, 0.4) is 0 Å². The van der Waals surface area contributed by atoms with E-state index in [4.69, 9.17) is 10.8 Å². The molecule has 2 aromatic rings. The predicted molar refractivity (Wildman–Crippen MR) is 89.8 cm³/mol. The minimum Gasteiger partial charge on any atom is -0.352 e. The maximum atomic E-state index is 5.60. The van der Waals surface area contributed by atoms with Crippen molar-refractivity contribution in [3.05, 3.63) is 33.8 Å². The summed E-state index contributed by atoms with van der Waals surface area (Å²) in [6.45, 7) is 8.33. The molecular formula is C15H23N5S. The standard InChI is InChI=1S/C15H23N5S/c1-9(2)13-17-14(19-16)10(3)15(18-13)20(5)11(4)12-7-6-8-21-12/h6-9,11H,16H2,1-5H3,(H,17,18,19). The van der Waals surface area contributed by atoms with Crippen LogP contribution >= 0.6 is 11.3 Å². The monoisotopic (exact) mass is 305 g/mol. The van der Waals surface area contributed by atoms with Crippen LogP contribution in [-0.2, 0) is 0 Å². The first-order valence-electron chi connectivity index (χ1n) is 7.07. The van der Waals surface area contributed by atoms with Crippen molar-refractivity contribution in [3.8, 4) is 0 Å². The fourth-order valence-corrected chi connectivity index (χ4v) is 2.99. The first-order valence-corrected chi connectivity index (χ1v) is 7.95. The second kappa shape index (κ2) is 6.41. The Labute approximate surface area is 130 Å². The predicted octanol–water partition coefficient (Wildman–Crippen LogP) is 3.45. The summed E-state index contributed by atoms with van der Waals surface area (Å²) in [6.07, 6.45) is 0. The first-order chi connectivity index (χ1) is 9.95. The number of nitrogens with two attached hydrogens (primary N) is 1. The molecular weight excluding hydrogens is 282 g/mol. The Bertz CT molecular complexity index is 594. The Morgan fingerprint density at radius 3 is 2.52 bits per heavy atom. The Balaban J connectivity index is 2.44. The van der Waals surface area contributed by atoms with Crippen molar-refractivity contribution in [2.24, 2.45) is 5.84 Å². The molecule has 3 N–H and O–H groups in total. The molecule has 0 aliphatic rings. The van der Waals surface area contributed by atoms with Gasteiger partial charge in [0.1, 0.15) is 17.5 Å². The lowest BCUT2D eigenvalue weighted by Crippen LogP contribution is -2.25. The molecule has 1 atom stereocenters. The molecule has 0 saturated carbocycles. The maximum absolute atomic E-state index is 5.60. The van der Waals surface area contributed by atoms with Crippen LogP contribution in [0.4, 0.5) is 11.6 Å². The summed E-state index contributed by atoms with van der Waals surface area (Å²) >= 11 is 1.75. The molecule has 0 fully saturated rings. The van der Waals surface area contributed by atoms with Gasteiger partial charge in [-0.2, -0.15) is 0 Å². The van der Waals surface area contributed by atoms with E-state index in [2.05, 4.69) is 60.6 Å². The van der Waals surface area contributed by atoms with Gasteiger partial charge in [0.15, 0.2) is 0 Å². The largest absolute Gasteiger partial charge is 0.352 e. The molecule has 0 aliphatic heterocycles. The lowest BCUT2D eigenvalue weighted by Gasteiger charge is -2.28. The Kier molecular flexibility index (Phi) is 4.80. The zero-order chi connectivity index (χ0) is 15.6. The number of hydrogen-bond donors (Lipinski definition) is 2. The quantitative estimate of drug-likeness (QED) is 0.654. The minimum absolute atomic E-state index is 0.252. The smallest absolute Gasteiger partial charge is 0.148 e. The van der Waals surface area contributed by atoms with Gasteiger partial charge < -0.3 is 10.3 Å².